The van der Waals surface area contributed by atoms with E-state index in [1.54, 1.807) is 37.7 Å². The highest BCUT2D eigenvalue weighted by atomic mass is 32.2. The lowest BCUT2D eigenvalue weighted by atomic mass is 9.98. The van der Waals surface area contributed by atoms with E-state index in [9.17, 15) is 18.0 Å². The Balaban J connectivity index is 1.40. The van der Waals surface area contributed by atoms with Gasteiger partial charge in [0.25, 0.3) is 5.91 Å². The number of carbonyl (C=O) groups is 2. The highest BCUT2D eigenvalue weighted by Gasteiger charge is 2.38. The summed E-state index contributed by atoms with van der Waals surface area (Å²) < 4.78 is 35.8. The zero-order chi connectivity index (χ0) is 33.3. The molecule has 0 unspecified atom stereocenters. The number of carbonyl (C=O) groups excluding carboxylic acids is 2. The zero-order valence-corrected chi connectivity index (χ0v) is 27.7. The van der Waals surface area contributed by atoms with Crippen molar-refractivity contribution in [2.45, 2.75) is 69.0 Å². The van der Waals surface area contributed by atoms with Gasteiger partial charge in [0, 0.05) is 47.5 Å². The van der Waals surface area contributed by atoms with Gasteiger partial charge in [-0.3, -0.25) is 14.8 Å². The van der Waals surface area contributed by atoms with Crippen LogP contribution < -0.4 is 25.4 Å². The van der Waals surface area contributed by atoms with Gasteiger partial charge in [0.1, 0.15) is 5.75 Å². The summed E-state index contributed by atoms with van der Waals surface area (Å²) in [5.74, 6) is 0.741. The molecule has 2 aliphatic rings. The Morgan fingerprint density at radius 3 is 2.49 bits per heavy atom. The van der Waals surface area contributed by atoms with E-state index in [0.29, 0.717) is 40.0 Å². The Bertz CT molecular complexity index is 1910. The molecule has 12 heteroatoms. The maximum Gasteiger partial charge on any atom is 0.315 e. The normalized spacial score (nSPS) is 18.1. The van der Waals surface area contributed by atoms with Gasteiger partial charge in [0.05, 0.1) is 35.7 Å². The molecule has 0 saturated heterocycles. The van der Waals surface area contributed by atoms with Gasteiger partial charge < -0.3 is 20.7 Å². The second kappa shape index (κ2) is 13.3. The number of methoxy groups -OCH3 is 1. The topological polar surface area (TPSA) is 151 Å². The molecule has 0 spiro atoms. The van der Waals surface area contributed by atoms with Crippen molar-refractivity contribution in [3.63, 3.8) is 0 Å². The Labute approximate surface area is 275 Å². The van der Waals surface area contributed by atoms with Crippen LogP contribution in [-0.4, -0.2) is 44.0 Å². The number of amides is 3. The van der Waals surface area contributed by atoms with Crippen molar-refractivity contribution in [2.24, 2.45) is 5.92 Å². The average Bonchev–Trinajstić information content (AvgIpc) is 3.87. The summed E-state index contributed by atoms with van der Waals surface area (Å²) in [6.07, 6.45) is 7.11. The molecule has 2 heterocycles. The molecule has 1 saturated carbocycles. The number of hydrogen-bond donors (Lipinski definition) is 4. The van der Waals surface area contributed by atoms with Crippen molar-refractivity contribution in [2.75, 3.05) is 13.7 Å². The molecule has 11 nitrogen and oxygen atoms in total. The molecular weight excluding hydrogens is 616 g/mol. The first-order valence-electron chi connectivity index (χ1n) is 15.9. The number of ether oxygens (including phenoxy) is 1. The van der Waals surface area contributed by atoms with Gasteiger partial charge in [-0.15, -0.1) is 0 Å². The number of pyridine rings is 2. The van der Waals surface area contributed by atoms with E-state index in [1.165, 1.54) is 6.20 Å². The largest absolute Gasteiger partial charge is 0.497 e. The predicted octanol–water partition coefficient (Wildman–Crippen LogP) is 5.43. The van der Waals surface area contributed by atoms with Gasteiger partial charge in [0.2, 0.25) is 10.0 Å². The lowest BCUT2D eigenvalue weighted by molar-refractivity contribution is 0.0935. The van der Waals surface area contributed by atoms with E-state index in [0.717, 1.165) is 29.7 Å². The van der Waals surface area contributed by atoms with Crippen LogP contribution in [0.25, 0.3) is 10.8 Å². The highest BCUT2D eigenvalue weighted by molar-refractivity contribution is 7.89. The molecule has 4 aromatic rings. The lowest BCUT2D eigenvalue weighted by Gasteiger charge is -2.21. The number of rotatable bonds is 11. The molecule has 246 valence electrons. The second-order valence-electron chi connectivity index (χ2n) is 12.7. The van der Waals surface area contributed by atoms with E-state index in [2.05, 4.69) is 25.7 Å². The highest BCUT2D eigenvalue weighted by Crippen LogP contribution is 2.47. The Morgan fingerprint density at radius 2 is 1.79 bits per heavy atom. The smallest absolute Gasteiger partial charge is 0.315 e. The van der Waals surface area contributed by atoms with Gasteiger partial charge in [-0.1, -0.05) is 26.0 Å². The number of hydrogen-bond acceptors (Lipinski definition) is 7. The average molecular weight is 657 g/mol. The maximum atomic E-state index is 13.8. The van der Waals surface area contributed by atoms with Crippen LogP contribution in [0.4, 0.5) is 4.79 Å². The third-order valence-electron chi connectivity index (χ3n) is 8.72. The van der Waals surface area contributed by atoms with Crippen LogP contribution in [0.1, 0.15) is 96.8 Å². The molecule has 4 N–H and O–H groups in total. The number of sulfonamides is 1. The third kappa shape index (κ3) is 7.08. The van der Waals surface area contributed by atoms with Crippen LogP contribution in [0.2, 0.25) is 0 Å². The molecule has 3 amide bonds. The number of urea groups is 1. The number of aromatic nitrogens is 2. The van der Waals surface area contributed by atoms with Crippen LogP contribution in [0.3, 0.4) is 0 Å². The minimum absolute atomic E-state index is 0.104. The van der Waals surface area contributed by atoms with Crippen LogP contribution in [0.5, 0.6) is 5.75 Å². The van der Waals surface area contributed by atoms with Crippen LogP contribution in [0, 0.1) is 5.92 Å². The molecule has 2 aromatic carbocycles. The van der Waals surface area contributed by atoms with Crippen molar-refractivity contribution < 1.29 is 22.7 Å². The first-order chi connectivity index (χ1) is 22.5. The number of benzene rings is 2. The summed E-state index contributed by atoms with van der Waals surface area (Å²) in [4.78, 5) is 35.8. The Kier molecular flexibility index (Phi) is 9.16. The Hall–Kier alpha value is -4.55. The van der Waals surface area contributed by atoms with Crippen LogP contribution in [-0.2, 0) is 10.0 Å². The summed E-state index contributed by atoms with van der Waals surface area (Å²) in [7, 11) is -2.34. The predicted molar refractivity (Wildman–Crippen MR) is 179 cm³/mol. The SMILES string of the molecule is COc1cccc([C@@H](C)NC(=O)N[C@H]2C[C@H](NC(=O)c3cccnc3)c3cc(S(=O)(=O)NCC(C)C)c4cc(C5CC5)ncc4c32)c1. The second-order valence-corrected chi connectivity index (χ2v) is 14.5. The maximum absolute atomic E-state index is 13.8. The molecule has 3 atom stereocenters. The summed E-state index contributed by atoms with van der Waals surface area (Å²) in [5.41, 5.74) is 3.45. The standard InChI is InChI=1S/C35H40N6O5S/c1-20(2)17-38-47(44,45)32-15-27-30(40-34(42)24-8-6-12-36-18-24)16-31(33(27)28-19-37-29(14-26(28)32)22-10-11-22)41-35(43)39-21(3)23-7-5-9-25(13-23)46-4/h5-9,12-15,18-22,30-31,38H,10-11,16-17H2,1-4H3,(H,40,42)(H2,39,41,43)/t21-,30+,31+/m1/s1. The third-order valence-corrected chi connectivity index (χ3v) is 10.2. The first kappa shape index (κ1) is 32.4. The van der Waals surface area contributed by atoms with E-state index in [1.807, 2.05) is 51.1 Å². The first-order valence-corrected chi connectivity index (χ1v) is 17.4. The Morgan fingerprint density at radius 1 is 0.979 bits per heavy atom. The molecular formula is C35H40N6O5S. The molecule has 1 fully saturated rings. The number of fused-ring (bicyclic) bond motifs is 3. The quantitative estimate of drug-likeness (QED) is 0.168. The summed E-state index contributed by atoms with van der Waals surface area (Å²) in [6, 6.07) is 12.5. The van der Waals surface area contributed by atoms with E-state index < -0.39 is 28.1 Å². The van der Waals surface area contributed by atoms with Gasteiger partial charge in [-0.2, -0.15) is 0 Å². The van der Waals surface area contributed by atoms with E-state index >= 15 is 0 Å². The molecule has 0 radical (unpaired) electrons. The van der Waals surface area contributed by atoms with Crippen LogP contribution >= 0.6 is 0 Å². The molecule has 2 aliphatic carbocycles. The van der Waals surface area contributed by atoms with Gasteiger partial charge >= 0.3 is 6.03 Å². The summed E-state index contributed by atoms with van der Waals surface area (Å²) in [5, 5.41) is 10.4. The van der Waals surface area contributed by atoms with Crippen molar-refractivity contribution in [1.82, 2.24) is 30.6 Å². The fraction of sp³-hybridized carbons (Fsp3) is 0.371. The molecule has 47 heavy (non-hydrogen) atoms. The molecule has 0 aliphatic heterocycles. The molecule has 2 aromatic heterocycles. The summed E-state index contributed by atoms with van der Waals surface area (Å²) in [6.45, 7) is 6.05. The monoisotopic (exact) mass is 656 g/mol. The van der Waals surface area contributed by atoms with Crippen molar-refractivity contribution in [1.29, 1.82) is 0 Å². The fourth-order valence-electron chi connectivity index (χ4n) is 6.08. The van der Waals surface area contributed by atoms with Gasteiger partial charge in [-0.25, -0.2) is 17.9 Å². The van der Waals surface area contributed by atoms with Crippen LogP contribution in [0.15, 0.2) is 72.0 Å². The van der Waals surface area contributed by atoms with Crippen molar-refractivity contribution in [3.8, 4) is 5.75 Å². The number of nitrogens with one attached hydrogen (secondary N) is 4. The minimum Gasteiger partial charge on any atom is -0.497 e. The summed E-state index contributed by atoms with van der Waals surface area (Å²) >= 11 is 0. The minimum atomic E-state index is -3.93. The number of nitrogens with zero attached hydrogens (tertiary/aromatic N) is 2. The fourth-order valence-corrected chi connectivity index (χ4v) is 7.52. The van der Waals surface area contributed by atoms with E-state index in [4.69, 9.17) is 9.72 Å². The van der Waals surface area contributed by atoms with Crippen molar-refractivity contribution in [3.05, 3.63) is 95.1 Å². The van der Waals surface area contributed by atoms with E-state index in [-0.39, 0.29) is 29.3 Å². The van der Waals surface area contributed by atoms with Gasteiger partial charge in [-0.05, 0) is 85.2 Å². The molecule has 0 bridgehead atoms. The zero-order valence-electron chi connectivity index (χ0n) is 26.9. The van der Waals surface area contributed by atoms with Crippen molar-refractivity contribution >= 4 is 32.7 Å². The molecule has 6 rings (SSSR count). The van der Waals surface area contributed by atoms with Gasteiger partial charge in [0.15, 0.2) is 0 Å². The lowest BCUT2D eigenvalue weighted by Crippen LogP contribution is -2.39.